The minimum absolute atomic E-state index is 0.0561. The van der Waals surface area contributed by atoms with Gasteiger partial charge in [0.2, 0.25) is 5.91 Å². The molecule has 1 aromatic carbocycles. The van der Waals surface area contributed by atoms with Crippen molar-refractivity contribution in [1.82, 2.24) is 14.9 Å². The Balaban J connectivity index is 1.33. The highest BCUT2D eigenvalue weighted by Crippen LogP contribution is 2.40. The Morgan fingerprint density at radius 2 is 1.88 bits per heavy atom. The molecular formula is C31H35ClFN5O2. The van der Waals surface area contributed by atoms with Gasteiger partial charge in [0.05, 0.1) is 16.6 Å². The summed E-state index contributed by atoms with van der Waals surface area (Å²) in [6.45, 7) is 9.55. The van der Waals surface area contributed by atoms with Gasteiger partial charge in [-0.3, -0.25) is 14.5 Å². The summed E-state index contributed by atoms with van der Waals surface area (Å²) in [6.07, 6.45) is 5.45. The molecule has 3 heterocycles. The summed E-state index contributed by atoms with van der Waals surface area (Å²) in [6, 6.07) is 8.79. The number of nitrogens with one attached hydrogen (secondary N) is 1. The van der Waals surface area contributed by atoms with E-state index in [0.717, 1.165) is 29.5 Å². The molecule has 0 spiro atoms. The molecule has 40 heavy (non-hydrogen) atoms. The highest BCUT2D eigenvalue weighted by Gasteiger charge is 2.44. The van der Waals surface area contributed by atoms with Crippen LogP contribution in [0.5, 0.6) is 0 Å². The fraction of sp³-hybridized carbons (Fsp3) is 0.419. The first-order valence-electron chi connectivity index (χ1n) is 13.9. The summed E-state index contributed by atoms with van der Waals surface area (Å²) in [7, 11) is 0. The van der Waals surface area contributed by atoms with Crippen molar-refractivity contribution in [2.45, 2.75) is 53.0 Å². The second kappa shape index (κ2) is 11.5. The molecule has 2 amide bonds. The highest BCUT2D eigenvalue weighted by atomic mass is 35.5. The van der Waals surface area contributed by atoms with E-state index >= 15 is 0 Å². The van der Waals surface area contributed by atoms with E-state index in [0.29, 0.717) is 41.8 Å². The molecule has 2 aliphatic rings. The maximum Gasteiger partial charge on any atom is 0.261 e. The van der Waals surface area contributed by atoms with Gasteiger partial charge in [-0.1, -0.05) is 43.6 Å². The van der Waals surface area contributed by atoms with Crippen molar-refractivity contribution in [2.24, 2.45) is 11.8 Å². The van der Waals surface area contributed by atoms with E-state index in [4.69, 9.17) is 11.6 Å². The summed E-state index contributed by atoms with van der Waals surface area (Å²) < 4.78 is 14.6. The van der Waals surface area contributed by atoms with Gasteiger partial charge in [-0.25, -0.2) is 14.4 Å². The summed E-state index contributed by atoms with van der Waals surface area (Å²) in [5.41, 5.74) is 3.64. The number of aryl methyl sites for hydroxylation is 1. The molecular weight excluding hydrogens is 529 g/mol. The zero-order chi connectivity index (χ0) is 28.6. The van der Waals surface area contributed by atoms with Crippen molar-refractivity contribution in [1.29, 1.82) is 0 Å². The maximum absolute atomic E-state index is 14.6. The molecule has 2 fully saturated rings. The van der Waals surface area contributed by atoms with Gasteiger partial charge in [-0.05, 0) is 73.4 Å². The van der Waals surface area contributed by atoms with Gasteiger partial charge < -0.3 is 10.2 Å². The van der Waals surface area contributed by atoms with Crippen LogP contribution in [0, 0.1) is 31.5 Å². The Morgan fingerprint density at radius 3 is 2.52 bits per heavy atom. The lowest BCUT2D eigenvalue weighted by Crippen LogP contribution is -2.57. The average Bonchev–Trinajstić information content (AvgIpc) is 3.67. The lowest BCUT2D eigenvalue weighted by atomic mass is 10.0. The van der Waals surface area contributed by atoms with Crippen molar-refractivity contribution in [3.05, 3.63) is 81.4 Å². The minimum Gasteiger partial charge on any atom is -0.364 e. The molecule has 1 aliphatic heterocycles. The van der Waals surface area contributed by atoms with E-state index in [9.17, 15) is 14.0 Å². The molecule has 5 rings (SSSR count). The van der Waals surface area contributed by atoms with Gasteiger partial charge in [-0.2, -0.15) is 0 Å². The SMILES string of the molecule is CCc1ccc(N(CCc2cccc(Cl)c2F)C(=O)c2cnc(NC3CN(C(=O)C4CC4C)C3)c(C)c2C)nc1. The molecule has 2 unspecified atom stereocenters. The number of pyridine rings is 2. The number of carbonyl (C=O) groups is 2. The lowest BCUT2D eigenvalue weighted by Gasteiger charge is -2.40. The molecule has 0 bridgehead atoms. The number of likely N-dealkylation sites (tertiary alicyclic amines) is 1. The average molecular weight is 564 g/mol. The van der Waals surface area contributed by atoms with E-state index < -0.39 is 5.82 Å². The number of hydrogen-bond donors (Lipinski definition) is 1. The van der Waals surface area contributed by atoms with Crippen LogP contribution in [-0.4, -0.2) is 52.4 Å². The third-order valence-corrected chi connectivity index (χ3v) is 8.50. The molecule has 2 aromatic heterocycles. The fourth-order valence-electron chi connectivity index (χ4n) is 5.13. The number of amides is 2. The van der Waals surface area contributed by atoms with Gasteiger partial charge >= 0.3 is 0 Å². The fourth-order valence-corrected chi connectivity index (χ4v) is 5.33. The quantitative estimate of drug-likeness (QED) is 0.366. The number of halogens is 2. The van der Waals surface area contributed by atoms with Gasteiger partial charge in [0.1, 0.15) is 17.5 Å². The zero-order valence-electron chi connectivity index (χ0n) is 23.4. The van der Waals surface area contributed by atoms with Crippen LogP contribution in [0.1, 0.15) is 52.9 Å². The predicted octanol–water partition coefficient (Wildman–Crippen LogP) is 5.62. The third-order valence-electron chi connectivity index (χ3n) is 8.21. The van der Waals surface area contributed by atoms with Crippen LogP contribution < -0.4 is 10.2 Å². The Kier molecular flexibility index (Phi) is 8.08. The summed E-state index contributed by atoms with van der Waals surface area (Å²) in [5.74, 6) is 1.43. The normalized spacial score (nSPS) is 18.3. The Hall–Kier alpha value is -3.52. The summed E-state index contributed by atoms with van der Waals surface area (Å²) in [5, 5.41) is 3.50. The minimum atomic E-state index is -0.474. The zero-order valence-corrected chi connectivity index (χ0v) is 24.1. The topological polar surface area (TPSA) is 78.4 Å². The van der Waals surface area contributed by atoms with E-state index in [1.807, 2.05) is 37.8 Å². The number of nitrogens with zero attached hydrogens (tertiary/aromatic N) is 4. The number of aromatic nitrogens is 2. The Morgan fingerprint density at radius 1 is 1.12 bits per heavy atom. The maximum atomic E-state index is 14.6. The smallest absolute Gasteiger partial charge is 0.261 e. The van der Waals surface area contributed by atoms with Crippen molar-refractivity contribution in [2.75, 3.05) is 29.9 Å². The van der Waals surface area contributed by atoms with E-state index in [1.165, 1.54) is 6.07 Å². The van der Waals surface area contributed by atoms with Crippen molar-refractivity contribution >= 4 is 35.1 Å². The van der Waals surface area contributed by atoms with Gasteiger partial charge in [0.25, 0.3) is 5.91 Å². The van der Waals surface area contributed by atoms with Crippen LogP contribution >= 0.6 is 11.6 Å². The second-order valence-electron chi connectivity index (χ2n) is 11.0. The van der Waals surface area contributed by atoms with Crippen LogP contribution in [-0.2, 0) is 17.6 Å². The summed E-state index contributed by atoms with van der Waals surface area (Å²) in [4.78, 5) is 39.0. The molecule has 210 valence electrons. The van der Waals surface area contributed by atoms with Crippen molar-refractivity contribution in [3.63, 3.8) is 0 Å². The van der Waals surface area contributed by atoms with E-state index in [-0.39, 0.29) is 41.8 Å². The first-order valence-corrected chi connectivity index (χ1v) is 14.3. The molecule has 7 nitrogen and oxygen atoms in total. The summed E-state index contributed by atoms with van der Waals surface area (Å²) >= 11 is 5.99. The van der Waals surface area contributed by atoms with E-state index in [2.05, 4.69) is 22.2 Å². The van der Waals surface area contributed by atoms with Crippen LogP contribution in [0.25, 0.3) is 0 Å². The first-order chi connectivity index (χ1) is 19.2. The molecule has 1 saturated carbocycles. The second-order valence-corrected chi connectivity index (χ2v) is 11.4. The highest BCUT2D eigenvalue weighted by molar-refractivity contribution is 6.30. The first kappa shape index (κ1) is 28.0. The monoisotopic (exact) mass is 563 g/mol. The molecule has 1 saturated heterocycles. The Labute approximate surface area is 239 Å². The number of benzene rings is 1. The standard InChI is InChI=1S/C31H35ClFN5O2/c1-5-21-9-10-27(34-14-21)38(12-11-22-7-6-8-26(32)28(22)33)31(40)25-15-35-29(20(4)19(25)3)36-23-16-37(17-23)30(39)24-13-18(24)2/h6-10,14-15,18,23-24H,5,11-13,16-17H2,1-4H3,(H,35,36). The van der Waals surface area contributed by atoms with Gasteiger partial charge in [0, 0.05) is 37.9 Å². The molecule has 0 radical (unpaired) electrons. The largest absolute Gasteiger partial charge is 0.364 e. The Bertz CT molecular complexity index is 1420. The number of rotatable bonds is 9. The predicted molar refractivity (Wildman–Crippen MR) is 155 cm³/mol. The number of carbonyl (C=O) groups excluding carboxylic acids is 2. The van der Waals surface area contributed by atoms with Crippen LogP contribution in [0.2, 0.25) is 5.02 Å². The third kappa shape index (κ3) is 5.68. The van der Waals surface area contributed by atoms with E-state index in [1.54, 1.807) is 29.4 Å². The van der Waals surface area contributed by atoms with Crippen LogP contribution in [0.4, 0.5) is 16.0 Å². The number of anilines is 2. The molecule has 2 atom stereocenters. The lowest BCUT2D eigenvalue weighted by molar-refractivity contribution is -0.136. The molecule has 9 heteroatoms. The van der Waals surface area contributed by atoms with Crippen LogP contribution in [0.3, 0.4) is 0 Å². The van der Waals surface area contributed by atoms with Gasteiger partial charge in [-0.15, -0.1) is 0 Å². The van der Waals surface area contributed by atoms with Crippen molar-refractivity contribution < 1.29 is 14.0 Å². The van der Waals surface area contributed by atoms with Crippen molar-refractivity contribution in [3.8, 4) is 0 Å². The van der Waals surface area contributed by atoms with Gasteiger partial charge in [0.15, 0.2) is 0 Å². The molecule has 1 aliphatic carbocycles. The number of hydrogen-bond acceptors (Lipinski definition) is 5. The molecule has 1 N–H and O–H groups in total. The van der Waals surface area contributed by atoms with Crippen LogP contribution in [0.15, 0.2) is 42.7 Å². The molecule has 3 aromatic rings.